The van der Waals surface area contributed by atoms with Crippen molar-refractivity contribution in [1.82, 2.24) is 13.9 Å². The molecule has 2 heterocycles. The van der Waals surface area contributed by atoms with Gasteiger partial charge in [0.25, 0.3) is 10.2 Å². The first kappa shape index (κ1) is 14.2. The molecular formula is C11H23N3O3S. The van der Waals surface area contributed by atoms with Crippen molar-refractivity contribution in [1.29, 1.82) is 0 Å². The maximum atomic E-state index is 12.5. The summed E-state index contributed by atoms with van der Waals surface area (Å²) in [7, 11) is -1.61. The van der Waals surface area contributed by atoms with Crippen LogP contribution < -0.4 is 5.32 Å². The molecule has 0 aromatic rings. The molecule has 0 radical (unpaired) electrons. The Morgan fingerprint density at radius 3 is 2.67 bits per heavy atom. The van der Waals surface area contributed by atoms with Gasteiger partial charge < -0.3 is 10.1 Å². The number of hydrogen-bond donors (Lipinski definition) is 1. The highest BCUT2D eigenvalue weighted by Gasteiger charge is 2.32. The van der Waals surface area contributed by atoms with Gasteiger partial charge in [-0.25, -0.2) is 0 Å². The van der Waals surface area contributed by atoms with Crippen LogP contribution in [0.1, 0.15) is 19.3 Å². The molecule has 0 bridgehead atoms. The molecule has 0 aliphatic carbocycles. The fourth-order valence-electron chi connectivity index (χ4n) is 2.51. The maximum absolute atomic E-state index is 12.5. The number of nitrogens with one attached hydrogen (secondary N) is 1. The molecule has 7 heteroatoms. The molecule has 2 aliphatic rings. The zero-order valence-corrected chi connectivity index (χ0v) is 11.8. The Labute approximate surface area is 109 Å². The van der Waals surface area contributed by atoms with Crippen molar-refractivity contribution < 1.29 is 13.2 Å². The predicted octanol–water partition coefficient (Wildman–Crippen LogP) is -0.363. The summed E-state index contributed by atoms with van der Waals surface area (Å²) in [6, 6.07) is 0.118. The predicted molar refractivity (Wildman–Crippen MR) is 69.6 cm³/mol. The van der Waals surface area contributed by atoms with Crippen molar-refractivity contribution in [2.24, 2.45) is 0 Å². The van der Waals surface area contributed by atoms with Crippen LogP contribution in [0.5, 0.6) is 0 Å². The largest absolute Gasteiger partial charge is 0.379 e. The van der Waals surface area contributed by atoms with E-state index in [-0.39, 0.29) is 6.04 Å². The molecule has 2 fully saturated rings. The Bertz CT molecular complexity index is 347. The molecule has 0 aromatic carbocycles. The molecule has 1 atom stereocenters. The normalized spacial score (nSPS) is 28.2. The molecule has 2 aliphatic heterocycles. The smallest absolute Gasteiger partial charge is 0.282 e. The fourth-order valence-corrected chi connectivity index (χ4v) is 4.07. The minimum Gasteiger partial charge on any atom is -0.379 e. The summed E-state index contributed by atoms with van der Waals surface area (Å²) in [5, 5.41) is 3.31. The first-order valence-electron chi connectivity index (χ1n) is 6.64. The number of hydrogen-bond acceptors (Lipinski definition) is 4. The number of nitrogens with zero attached hydrogens (tertiary/aromatic N) is 2. The van der Waals surface area contributed by atoms with Crippen LogP contribution in [0.4, 0.5) is 0 Å². The second-order valence-electron chi connectivity index (χ2n) is 4.87. The van der Waals surface area contributed by atoms with E-state index in [0.717, 1.165) is 32.4 Å². The third-order valence-electron chi connectivity index (χ3n) is 3.72. The molecule has 0 amide bonds. The van der Waals surface area contributed by atoms with E-state index >= 15 is 0 Å². The van der Waals surface area contributed by atoms with Crippen LogP contribution in [-0.2, 0) is 14.9 Å². The number of ether oxygens (including phenoxy) is 1. The molecule has 0 spiro atoms. The SMILES string of the molecule is CN(C1CCCNCC1)S(=O)(=O)N1CCOCC1. The number of rotatable bonds is 3. The summed E-state index contributed by atoms with van der Waals surface area (Å²) in [6.45, 7) is 3.82. The number of morpholine rings is 1. The molecule has 6 nitrogen and oxygen atoms in total. The van der Waals surface area contributed by atoms with Crippen LogP contribution >= 0.6 is 0 Å². The van der Waals surface area contributed by atoms with Gasteiger partial charge in [0, 0.05) is 26.2 Å². The van der Waals surface area contributed by atoms with Crippen LogP contribution in [0.15, 0.2) is 0 Å². The second kappa shape index (κ2) is 6.29. The molecule has 2 saturated heterocycles. The van der Waals surface area contributed by atoms with Gasteiger partial charge in [-0.3, -0.25) is 0 Å². The summed E-state index contributed by atoms with van der Waals surface area (Å²) < 4.78 is 33.2. The third kappa shape index (κ3) is 3.21. The van der Waals surface area contributed by atoms with Gasteiger partial charge in [0.1, 0.15) is 0 Å². The minimum absolute atomic E-state index is 0.118. The summed E-state index contributed by atoms with van der Waals surface area (Å²) in [5.41, 5.74) is 0. The highest BCUT2D eigenvalue weighted by molar-refractivity contribution is 7.86. The van der Waals surface area contributed by atoms with E-state index in [9.17, 15) is 8.42 Å². The summed E-state index contributed by atoms with van der Waals surface area (Å²) >= 11 is 0. The third-order valence-corrected chi connectivity index (χ3v) is 5.76. The summed E-state index contributed by atoms with van der Waals surface area (Å²) in [6.07, 6.45) is 2.86. The van der Waals surface area contributed by atoms with Crippen molar-refractivity contribution in [3.8, 4) is 0 Å². The van der Waals surface area contributed by atoms with E-state index in [0.29, 0.717) is 26.3 Å². The molecule has 1 unspecified atom stereocenters. The first-order valence-corrected chi connectivity index (χ1v) is 8.03. The van der Waals surface area contributed by atoms with Gasteiger partial charge >= 0.3 is 0 Å². The van der Waals surface area contributed by atoms with Gasteiger partial charge in [0.2, 0.25) is 0 Å². The Morgan fingerprint density at radius 1 is 1.22 bits per heavy atom. The monoisotopic (exact) mass is 277 g/mol. The molecular weight excluding hydrogens is 254 g/mol. The van der Waals surface area contributed by atoms with Crippen LogP contribution in [0.3, 0.4) is 0 Å². The highest BCUT2D eigenvalue weighted by Crippen LogP contribution is 2.18. The van der Waals surface area contributed by atoms with Crippen LogP contribution in [0, 0.1) is 0 Å². The Morgan fingerprint density at radius 2 is 1.94 bits per heavy atom. The second-order valence-corrected chi connectivity index (χ2v) is 6.86. The standard InChI is InChI=1S/C11H23N3O3S/c1-13(11-3-2-5-12-6-4-11)18(15,16)14-7-9-17-10-8-14/h11-12H,2-10H2,1H3. The van der Waals surface area contributed by atoms with Crippen molar-refractivity contribution >= 4 is 10.2 Å². The summed E-state index contributed by atoms with van der Waals surface area (Å²) in [4.78, 5) is 0. The molecule has 0 aromatic heterocycles. The van der Waals surface area contributed by atoms with Crippen molar-refractivity contribution in [3.05, 3.63) is 0 Å². The van der Waals surface area contributed by atoms with Gasteiger partial charge in [-0.05, 0) is 32.4 Å². The van der Waals surface area contributed by atoms with Crippen molar-refractivity contribution in [2.45, 2.75) is 25.3 Å². The van der Waals surface area contributed by atoms with E-state index < -0.39 is 10.2 Å². The fraction of sp³-hybridized carbons (Fsp3) is 1.00. The molecule has 2 rings (SSSR count). The quantitative estimate of drug-likeness (QED) is 0.765. The topological polar surface area (TPSA) is 61.9 Å². The van der Waals surface area contributed by atoms with E-state index in [4.69, 9.17) is 4.74 Å². The zero-order valence-electron chi connectivity index (χ0n) is 11.0. The first-order chi connectivity index (χ1) is 8.62. The maximum Gasteiger partial charge on any atom is 0.282 e. The van der Waals surface area contributed by atoms with Gasteiger partial charge in [0.05, 0.1) is 13.2 Å². The zero-order chi connectivity index (χ0) is 13.0. The average Bonchev–Trinajstić information content (AvgIpc) is 2.67. The summed E-state index contributed by atoms with van der Waals surface area (Å²) in [5.74, 6) is 0. The molecule has 1 N–H and O–H groups in total. The average molecular weight is 277 g/mol. The van der Waals surface area contributed by atoms with Gasteiger partial charge in [-0.2, -0.15) is 17.0 Å². The molecule has 18 heavy (non-hydrogen) atoms. The van der Waals surface area contributed by atoms with E-state index in [2.05, 4.69) is 5.32 Å². The lowest BCUT2D eigenvalue weighted by atomic mass is 10.1. The van der Waals surface area contributed by atoms with Gasteiger partial charge in [0.15, 0.2) is 0 Å². The lowest BCUT2D eigenvalue weighted by Crippen LogP contribution is -2.50. The Hall–Kier alpha value is -0.210. The van der Waals surface area contributed by atoms with E-state index in [1.807, 2.05) is 0 Å². The minimum atomic E-state index is -3.32. The van der Waals surface area contributed by atoms with Gasteiger partial charge in [-0.1, -0.05) is 0 Å². The van der Waals surface area contributed by atoms with Crippen LogP contribution in [0.2, 0.25) is 0 Å². The van der Waals surface area contributed by atoms with Crippen LogP contribution in [0.25, 0.3) is 0 Å². The molecule has 0 saturated carbocycles. The van der Waals surface area contributed by atoms with E-state index in [1.54, 1.807) is 11.4 Å². The Kier molecular flexibility index (Phi) is 4.97. The lowest BCUT2D eigenvalue weighted by Gasteiger charge is -2.33. The van der Waals surface area contributed by atoms with Gasteiger partial charge in [-0.15, -0.1) is 0 Å². The highest BCUT2D eigenvalue weighted by atomic mass is 32.2. The Balaban J connectivity index is 2.02. The van der Waals surface area contributed by atoms with Crippen LogP contribution in [-0.4, -0.2) is 69.5 Å². The van der Waals surface area contributed by atoms with Crippen molar-refractivity contribution in [2.75, 3.05) is 46.4 Å². The lowest BCUT2D eigenvalue weighted by molar-refractivity contribution is 0.0697. The van der Waals surface area contributed by atoms with Crippen molar-refractivity contribution in [3.63, 3.8) is 0 Å². The van der Waals surface area contributed by atoms with E-state index in [1.165, 1.54) is 4.31 Å². The molecule has 106 valence electrons.